The highest BCUT2D eigenvalue weighted by Crippen LogP contribution is 2.38. The molecular formula is C29H31N4O5S2+. The molecule has 0 radical (unpaired) electrons. The predicted molar refractivity (Wildman–Crippen MR) is 154 cm³/mol. The molecule has 0 aliphatic carbocycles. The Labute approximate surface area is 240 Å². The molecule has 4 aromatic rings. The Hall–Kier alpha value is -3.67. The van der Waals surface area contributed by atoms with Gasteiger partial charge in [-0.15, -0.1) is 11.3 Å². The number of aromatic amines is 1. The van der Waals surface area contributed by atoms with Gasteiger partial charge in [0.05, 0.1) is 17.4 Å². The number of H-pyrrole nitrogens is 1. The average molecular weight is 580 g/mol. The summed E-state index contributed by atoms with van der Waals surface area (Å²) in [5.41, 5.74) is 3.82. The van der Waals surface area contributed by atoms with Crippen LogP contribution in [-0.2, 0) is 29.0 Å². The first-order chi connectivity index (χ1) is 19.3. The number of hydrogen-bond acceptors (Lipinski definition) is 8. The summed E-state index contributed by atoms with van der Waals surface area (Å²) < 4.78 is 11.9. The van der Waals surface area contributed by atoms with Crippen LogP contribution in [0.15, 0.2) is 68.9 Å². The molecule has 5 rings (SSSR count). The van der Waals surface area contributed by atoms with E-state index in [0.29, 0.717) is 29.2 Å². The minimum absolute atomic E-state index is 0.242. The van der Waals surface area contributed by atoms with Crippen LogP contribution in [0.5, 0.6) is 0 Å². The van der Waals surface area contributed by atoms with Crippen molar-refractivity contribution in [1.82, 2.24) is 10.2 Å². The number of hydrogen-bond donors (Lipinski definition) is 2. The van der Waals surface area contributed by atoms with Crippen LogP contribution in [0.25, 0.3) is 5.69 Å². The predicted octanol–water partition coefficient (Wildman–Crippen LogP) is 4.47. The number of fused-ring (bicyclic) bond motifs is 1. The maximum atomic E-state index is 13.4. The van der Waals surface area contributed by atoms with E-state index in [1.807, 2.05) is 49.4 Å². The van der Waals surface area contributed by atoms with Crippen LogP contribution in [0.2, 0.25) is 0 Å². The van der Waals surface area contributed by atoms with Gasteiger partial charge >= 0.3 is 16.6 Å². The summed E-state index contributed by atoms with van der Waals surface area (Å²) in [4.78, 5) is 42.2. The van der Waals surface area contributed by atoms with E-state index in [9.17, 15) is 14.4 Å². The number of benzene rings is 2. The van der Waals surface area contributed by atoms with Crippen molar-refractivity contribution in [2.45, 2.75) is 50.6 Å². The number of nitrogens with one attached hydrogen (secondary N) is 2. The van der Waals surface area contributed by atoms with E-state index in [2.05, 4.69) is 27.6 Å². The monoisotopic (exact) mass is 579 g/mol. The van der Waals surface area contributed by atoms with Gasteiger partial charge < -0.3 is 10.1 Å². The quantitative estimate of drug-likeness (QED) is 0.171. The molecule has 1 amide bonds. The molecular weight excluding hydrogens is 548 g/mol. The van der Waals surface area contributed by atoms with Crippen LogP contribution in [0, 0.1) is 6.92 Å². The van der Waals surface area contributed by atoms with E-state index in [4.69, 9.17) is 9.26 Å². The minimum atomic E-state index is -0.654. The largest absolute Gasteiger partial charge is 0.462 e. The van der Waals surface area contributed by atoms with Gasteiger partial charge in [-0.2, -0.15) is 0 Å². The second kappa shape index (κ2) is 12.2. The van der Waals surface area contributed by atoms with E-state index < -0.39 is 16.8 Å². The van der Waals surface area contributed by atoms with E-state index in [0.717, 1.165) is 40.9 Å². The van der Waals surface area contributed by atoms with Gasteiger partial charge in [0.2, 0.25) is 11.6 Å². The van der Waals surface area contributed by atoms with E-state index in [-0.39, 0.29) is 17.5 Å². The molecule has 208 valence electrons. The lowest BCUT2D eigenvalue weighted by Gasteiger charge is -2.27. The van der Waals surface area contributed by atoms with Gasteiger partial charge in [-0.25, -0.2) is 9.59 Å². The standard InChI is InChI=1S/C29H30N4O5S2/c1-4-37-28(35)24-22-14-15-32(16-20-8-6-5-7-9-20)17-23(22)40-26(24)30-25(34)19(3)39-27-29(36)38-31-33(27)21-12-10-18(2)11-13-21/h5-13,19H,4,14-17H2,1-3H3,(H-,30,31,34,35,36)/p+1. The van der Waals surface area contributed by atoms with Crippen molar-refractivity contribution in [3.05, 3.63) is 92.1 Å². The Morgan fingerprint density at radius 3 is 2.67 bits per heavy atom. The van der Waals surface area contributed by atoms with E-state index in [1.54, 1.807) is 13.8 Å². The lowest BCUT2D eigenvalue weighted by molar-refractivity contribution is -0.704. The van der Waals surface area contributed by atoms with Crippen LogP contribution in [-0.4, -0.2) is 40.4 Å². The van der Waals surface area contributed by atoms with Gasteiger partial charge in [0.1, 0.15) is 5.00 Å². The number of carbonyl (C=O) groups is 2. The summed E-state index contributed by atoms with van der Waals surface area (Å²) >= 11 is 2.50. The van der Waals surface area contributed by atoms with Crippen LogP contribution in [0.3, 0.4) is 0 Å². The summed E-state index contributed by atoms with van der Waals surface area (Å²) in [5.74, 6) is -0.762. The van der Waals surface area contributed by atoms with Crippen molar-refractivity contribution in [3.63, 3.8) is 0 Å². The zero-order valence-electron chi connectivity index (χ0n) is 22.6. The van der Waals surface area contributed by atoms with E-state index in [1.165, 1.54) is 21.6 Å². The fourth-order valence-electron chi connectivity index (χ4n) is 4.60. The van der Waals surface area contributed by atoms with Gasteiger partial charge in [-0.05, 0) is 60.0 Å². The smallest absolute Gasteiger partial charge is 0.442 e. The fourth-order valence-corrected chi connectivity index (χ4v) is 6.77. The summed E-state index contributed by atoms with van der Waals surface area (Å²) in [6, 6.07) is 17.8. The Balaban J connectivity index is 1.35. The fraction of sp³-hybridized carbons (Fsp3) is 0.310. The summed E-state index contributed by atoms with van der Waals surface area (Å²) in [6.07, 6.45) is 0.688. The van der Waals surface area contributed by atoms with Gasteiger partial charge in [0, 0.05) is 36.6 Å². The molecule has 1 atom stereocenters. The average Bonchev–Trinajstić information content (AvgIpc) is 3.49. The molecule has 3 heterocycles. The molecule has 11 heteroatoms. The molecule has 1 unspecified atom stereocenters. The SMILES string of the molecule is CCOC(=O)c1c(NC(=O)C(C)Sc2c(=O)o[nH][n+]2-c2ccc(C)cc2)sc2c1CCN(Cc1ccccc1)C2. The van der Waals surface area contributed by atoms with Gasteiger partial charge in [-0.1, -0.05) is 48.0 Å². The highest BCUT2D eigenvalue weighted by Gasteiger charge is 2.32. The second-order valence-electron chi connectivity index (χ2n) is 9.58. The van der Waals surface area contributed by atoms with Crippen molar-refractivity contribution in [1.29, 1.82) is 0 Å². The highest BCUT2D eigenvalue weighted by molar-refractivity contribution is 8.00. The molecule has 0 saturated carbocycles. The molecule has 1 aliphatic rings. The minimum Gasteiger partial charge on any atom is -0.462 e. The third kappa shape index (κ3) is 6.06. The molecule has 0 fully saturated rings. The topological polar surface area (TPSA) is 109 Å². The highest BCUT2D eigenvalue weighted by atomic mass is 32.2. The van der Waals surface area contributed by atoms with Crippen molar-refractivity contribution in [2.75, 3.05) is 18.5 Å². The van der Waals surface area contributed by atoms with Crippen molar-refractivity contribution in [2.24, 2.45) is 0 Å². The molecule has 0 saturated heterocycles. The molecule has 2 aromatic heterocycles. The Morgan fingerprint density at radius 1 is 1.20 bits per heavy atom. The molecule has 2 aromatic carbocycles. The van der Waals surface area contributed by atoms with Crippen LogP contribution >= 0.6 is 23.1 Å². The number of ether oxygens (including phenoxy) is 1. The first-order valence-electron chi connectivity index (χ1n) is 13.1. The zero-order valence-corrected chi connectivity index (χ0v) is 24.2. The molecule has 2 N–H and O–H groups in total. The van der Waals surface area contributed by atoms with Gasteiger partial charge in [0.25, 0.3) is 0 Å². The summed E-state index contributed by atoms with van der Waals surface area (Å²) in [6.45, 7) is 7.98. The van der Waals surface area contributed by atoms with Crippen LogP contribution in [0.4, 0.5) is 5.00 Å². The lowest BCUT2D eigenvalue weighted by Crippen LogP contribution is -2.37. The maximum absolute atomic E-state index is 13.4. The Bertz CT molecular complexity index is 1560. The van der Waals surface area contributed by atoms with Gasteiger partial charge in [0.15, 0.2) is 0 Å². The van der Waals surface area contributed by atoms with Gasteiger partial charge in [-0.3, -0.25) is 14.2 Å². The number of carbonyl (C=O) groups excluding carboxylic acids is 2. The van der Waals surface area contributed by atoms with Crippen LogP contribution in [0.1, 0.15) is 45.8 Å². The summed E-state index contributed by atoms with van der Waals surface area (Å²) in [5, 5.41) is 5.64. The zero-order chi connectivity index (χ0) is 28.2. The molecule has 40 heavy (non-hydrogen) atoms. The first kappa shape index (κ1) is 27.9. The van der Waals surface area contributed by atoms with Crippen LogP contribution < -0.4 is 15.6 Å². The number of nitrogens with zero attached hydrogens (tertiary/aromatic N) is 2. The third-order valence-electron chi connectivity index (χ3n) is 6.66. The number of thioether (sulfide) groups is 1. The normalized spacial score (nSPS) is 14.0. The number of anilines is 1. The third-order valence-corrected chi connectivity index (χ3v) is 8.93. The summed E-state index contributed by atoms with van der Waals surface area (Å²) in [7, 11) is 0. The Morgan fingerprint density at radius 2 is 1.95 bits per heavy atom. The number of aromatic nitrogens is 2. The number of rotatable bonds is 9. The molecule has 1 aliphatic heterocycles. The first-order valence-corrected chi connectivity index (χ1v) is 14.8. The Kier molecular flexibility index (Phi) is 8.53. The van der Waals surface area contributed by atoms with Crippen molar-refractivity contribution < 1.29 is 23.5 Å². The number of aryl methyl sites for hydroxylation is 1. The number of amides is 1. The second-order valence-corrected chi connectivity index (χ2v) is 12.0. The maximum Gasteiger partial charge on any atom is 0.442 e. The molecule has 9 nitrogen and oxygen atoms in total. The van der Waals surface area contributed by atoms with E-state index >= 15 is 0 Å². The van der Waals surface area contributed by atoms with Crippen molar-refractivity contribution in [3.8, 4) is 5.69 Å². The lowest BCUT2D eigenvalue weighted by atomic mass is 10.0. The number of esters is 1. The van der Waals surface area contributed by atoms with Crippen molar-refractivity contribution >= 4 is 40.0 Å². The molecule has 0 bridgehead atoms. The molecule has 0 spiro atoms. The number of thiophene rings is 1.